The van der Waals surface area contributed by atoms with Crippen LogP contribution >= 0.6 is 0 Å². The van der Waals surface area contributed by atoms with Crippen LogP contribution in [0.3, 0.4) is 0 Å². The van der Waals surface area contributed by atoms with Crippen molar-refractivity contribution in [3.05, 3.63) is 0 Å². The summed E-state index contributed by atoms with van der Waals surface area (Å²) in [6.45, 7) is 9.08. The summed E-state index contributed by atoms with van der Waals surface area (Å²) < 4.78 is 0. The summed E-state index contributed by atoms with van der Waals surface area (Å²) in [5, 5.41) is 0. The van der Waals surface area contributed by atoms with Gasteiger partial charge in [0.25, 0.3) is 0 Å². The predicted molar refractivity (Wildman–Crippen MR) is 70.6 cm³/mol. The summed E-state index contributed by atoms with van der Waals surface area (Å²) in [6, 6.07) is 0. The van der Waals surface area contributed by atoms with Crippen molar-refractivity contribution in [3.63, 3.8) is 0 Å². The maximum atomic E-state index is 6.00. The molecule has 0 amide bonds. The molecule has 0 aliphatic carbocycles. The summed E-state index contributed by atoms with van der Waals surface area (Å²) in [5.41, 5.74) is 5.97. The molecule has 0 spiro atoms. The van der Waals surface area contributed by atoms with Gasteiger partial charge in [0.2, 0.25) is 0 Å². The fourth-order valence-electron chi connectivity index (χ4n) is 2.43. The molecule has 0 aromatic rings. The first-order valence-corrected chi connectivity index (χ1v) is 6.53. The number of rotatable bonds is 5. The Labute approximate surface area is 101 Å². The van der Waals surface area contributed by atoms with Crippen LogP contribution in [-0.2, 0) is 0 Å². The number of hydrogen-bond acceptors (Lipinski definition) is 3. The minimum Gasteiger partial charge on any atom is -0.326 e. The number of piperidine rings is 1. The lowest BCUT2D eigenvalue weighted by Crippen LogP contribution is -2.40. The third-order valence-corrected chi connectivity index (χ3v) is 3.43. The molecule has 1 rings (SSSR count). The molecular weight excluding hydrogens is 198 g/mol. The zero-order valence-electron chi connectivity index (χ0n) is 11.5. The first-order valence-electron chi connectivity index (χ1n) is 6.53. The molecule has 16 heavy (non-hydrogen) atoms. The average molecular weight is 227 g/mol. The van der Waals surface area contributed by atoms with Crippen molar-refractivity contribution >= 4 is 0 Å². The molecule has 0 aromatic carbocycles. The van der Waals surface area contributed by atoms with Crippen molar-refractivity contribution in [2.45, 2.75) is 38.6 Å². The number of nitrogens with two attached hydrogens (primary N) is 1. The second-order valence-electron chi connectivity index (χ2n) is 6.27. The van der Waals surface area contributed by atoms with Gasteiger partial charge in [-0.25, -0.2) is 0 Å². The summed E-state index contributed by atoms with van der Waals surface area (Å²) in [4.78, 5) is 4.90. The van der Waals surface area contributed by atoms with E-state index in [2.05, 4.69) is 37.7 Å². The van der Waals surface area contributed by atoms with Gasteiger partial charge in [-0.1, -0.05) is 0 Å². The lowest BCUT2D eigenvalue weighted by molar-refractivity contribution is 0.162. The van der Waals surface area contributed by atoms with E-state index in [-0.39, 0.29) is 5.54 Å². The Morgan fingerprint density at radius 3 is 2.69 bits per heavy atom. The lowest BCUT2D eigenvalue weighted by Gasteiger charge is -2.33. The van der Waals surface area contributed by atoms with E-state index >= 15 is 0 Å². The van der Waals surface area contributed by atoms with Crippen molar-refractivity contribution < 1.29 is 0 Å². The molecule has 1 aliphatic rings. The molecule has 1 saturated heterocycles. The third kappa shape index (κ3) is 5.83. The highest BCUT2D eigenvalue weighted by Gasteiger charge is 2.19. The minimum atomic E-state index is -0.0301. The van der Waals surface area contributed by atoms with Crippen LogP contribution in [0.25, 0.3) is 0 Å². The molecule has 0 aromatic heterocycles. The van der Waals surface area contributed by atoms with Crippen molar-refractivity contribution in [2.24, 2.45) is 11.7 Å². The highest BCUT2D eigenvalue weighted by atomic mass is 15.1. The van der Waals surface area contributed by atoms with Gasteiger partial charge in [-0.15, -0.1) is 0 Å². The molecule has 3 heteroatoms. The normalized spacial score (nSPS) is 24.0. The summed E-state index contributed by atoms with van der Waals surface area (Å²) in [5.74, 6) is 0.852. The van der Waals surface area contributed by atoms with E-state index < -0.39 is 0 Å². The SMILES string of the molecule is CN1CCCC(CN(C)CCC(C)(C)N)C1. The lowest BCUT2D eigenvalue weighted by atomic mass is 9.97. The van der Waals surface area contributed by atoms with Gasteiger partial charge in [0, 0.05) is 18.6 Å². The second kappa shape index (κ2) is 5.99. The van der Waals surface area contributed by atoms with Crippen molar-refractivity contribution in [1.82, 2.24) is 9.80 Å². The topological polar surface area (TPSA) is 32.5 Å². The Balaban J connectivity index is 2.20. The maximum absolute atomic E-state index is 6.00. The highest BCUT2D eigenvalue weighted by Crippen LogP contribution is 2.16. The summed E-state index contributed by atoms with van der Waals surface area (Å²) >= 11 is 0. The van der Waals surface area contributed by atoms with Gasteiger partial charge in [0.15, 0.2) is 0 Å². The first kappa shape index (κ1) is 13.9. The maximum Gasteiger partial charge on any atom is 0.0109 e. The Morgan fingerprint density at radius 1 is 1.44 bits per heavy atom. The standard InChI is InChI=1S/C13H29N3/c1-13(2,14)7-9-16(4)11-12-6-5-8-15(3)10-12/h12H,5-11,14H2,1-4H3. The Morgan fingerprint density at radius 2 is 2.12 bits per heavy atom. The largest absolute Gasteiger partial charge is 0.326 e. The number of likely N-dealkylation sites (tertiary alicyclic amines) is 1. The van der Waals surface area contributed by atoms with Gasteiger partial charge in [0.05, 0.1) is 0 Å². The smallest absolute Gasteiger partial charge is 0.0109 e. The molecular formula is C13H29N3. The summed E-state index contributed by atoms with van der Waals surface area (Å²) in [6.07, 6.45) is 3.82. The molecule has 1 aliphatic heterocycles. The number of hydrogen-bond donors (Lipinski definition) is 1. The quantitative estimate of drug-likeness (QED) is 0.770. The Hall–Kier alpha value is -0.120. The zero-order valence-corrected chi connectivity index (χ0v) is 11.5. The van der Waals surface area contributed by atoms with Crippen LogP contribution in [0.15, 0.2) is 0 Å². The molecule has 1 atom stereocenters. The molecule has 1 fully saturated rings. The predicted octanol–water partition coefficient (Wildman–Crippen LogP) is 1.39. The molecule has 0 radical (unpaired) electrons. The molecule has 0 bridgehead atoms. The zero-order chi connectivity index (χ0) is 12.2. The van der Waals surface area contributed by atoms with Gasteiger partial charge in [-0.3, -0.25) is 0 Å². The van der Waals surface area contributed by atoms with Crippen LogP contribution < -0.4 is 5.73 Å². The Bertz CT molecular complexity index is 198. The average Bonchev–Trinajstić information content (AvgIpc) is 2.14. The van der Waals surface area contributed by atoms with Crippen LogP contribution in [0.5, 0.6) is 0 Å². The van der Waals surface area contributed by atoms with Gasteiger partial charge in [-0.05, 0) is 66.2 Å². The van der Waals surface area contributed by atoms with Crippen LogP contribution in [-0.4, -0.2) is 55.6 Å². The van der Waals surface area contributed by atoms with E-state index in [4.69, 9.17) is 5.73 Å². The van der Waals surface area contributed by atoms with E-state index in [1.54, 1.807) is 0 Å². The van der Waals surface area contributed by atoms with Crippen LogP contribution in [0, 0.1) is 5.92 Å². The highest BCUT2D eigenvalue weighted by molar-refractivity contribution is 4.76. The molecule has 2 N–H and O–H groups in total. The van der Waals surface area contributed by atoms with Gasteiger partial charge < -0.3 is 15.5 Å². The van der Waals surface area contributed by atoms with E-state index in [1.165, 1.54) is 32.5 Å². The fraction of sp³-hybridized carbons (Fsp3) is 1.00. The minimum absolute atomic E-state index is 0.0301. The van der Waals surface area contributed by atoms with Crippen LogP contribution in [0.4, 0.5) is 0 Å². The van der Waals surface area contributed by atoms with E-state index in [1.807, 2.05) is 0 Å². The Kier molecular flexibility index (Phi) is 5.22. The van der Waals surface area contributed by atoms with Crippen molar-refractivity contribution in [1.29, 1.82) is 0 Å². The fourth-order valence-corrected chi connectivity index (χ4v) is 2.43. The molecule has 1 unspecified atom stereocenters. The van der Waals surface area contributed by atoms with E-state index in [0.29, 0.717) is 0 Å². The second-order valence-corrected chi connectivity index (χ2v) is 6.27. The first-order chi connectivity index (χ1) is 7.37. The molecule has 3 nitrogen and oxygen atoms in total. The summed E-state index contributed by atoms with van der Waals surface area (Å²) in [7, 11) is 4.45. The molecule has 1 heterocycles. The van der Waals surface area contributed by atoms with Gasteiger partial charge in [0.1, 0.15) is 0 Å². The molecule has 0 saturated carbocycles. The van der Waals surface area contributed by atoms with Crippen LogP contribution in [0.1, 0.15) is 33.1 Å². The van der Waals surface area contributed by atoms with Crippen molar-refractivity contribution in [3.8, 4) is 0 Å². The van der Waals surface area contributed by atoms with Gasteiger partial charge >= 0.3 is 0 Å². The van der Waals surface area contributed by atoms with Gasteiger partial charge in [-0.2, -0.15) is 0 Å². The molecule has 96 valence electrons. The monoisotopic (exact) mass is 227 g/mol. The number of nitrogens with zero attached hydrogens (tertiary/aromatic N) is 2. The van der Waals surface area contributed by atoms with Crippen LogP contribution in [0.2, 0.25) is 0 Å². The third-order valence-electron chi connectivity index (χ3n) is 3.43. The van der Waals surface area contributed by atoms with E-state index in [0.717, 1.165) is 18.9 Å². The van der Waals surface area contributed by atoms with E-state index in [9.17, 15) is 0 Å². The van der Waals surface area contributed by atoms with Crippen molar-refractivity contribution in [2.75, 3.05) is 40.3 Å².